The van der Waals surface area contributed by atoms with Crippen molar-refractivity contribution in [2.45, 2.75) is 19.5 Å². The molecule has 11 heteroatoms. The molecule has 1 amide bonds. The maximum Gasteiger partial charge on any atom is 0.417 e. The van der Waals surface area contributed by atoms with Crippen LogP contribution in [0.15, 0.2) is 18.2 Å². The molecular formula is C12H15ClF3N3O3S. The van der Waals surface area contributed by atoms with Crippen molar-refractivity contribution in [3.8, 4) is 0 Å². The topological polar surface area (TPSA) is 87.3 Å². The van der Waals surface area contributed by atoms with Gasteiger partial charge in [0.1, 0.15) is 0 Å². The Kier molecular flexibility index (Phi) is 6.81. The molecule has 23 heavy (non-hydrogen) atoms. The van der Waals surface area contributed by atoms with Crippen molar-refractivity contribution in [3.63, 3.8) is 0 Å². The highest BCUT2D eigenvalue weighted by Crippen LogP contribution is 2.36. The first-order chi connectivity index (χ1) is 10.5. The fourth-order valence-corrected chi connectivity index (χ4v) is 2.59. The Hall–Kier alpha value is -1.36. The number of carbonyl (C=O) groups excluding carboxylic acids is 1. The second-order valence-corrected chi connectivity index (χ2v) is 6.45. The van der Waals surface area contributed by atoms with E-state index in [2.05, 4.69) is 10.0 Å². The average Bonchev–Trinajstić information content (AvgIpc) is 2.44. The molecule has 0 atom stereocenters. The Morgan fingerprint density at radius 1 is 1.26 bits per heavy atom. The molecule has 1 aromatic carbocycles. The van der Waals surface area contributed by atoms with Crippen LogP contribution in [0.2, 0.25) is 5.02 Å². The van der Waals surface area contributed by atoms with Gasteiger partial charge in [-0.2, -0.15) is 26.3 Å². The van der Waals surface area contributed by atoms with Gasteiger partial charge in [0.05, 0.1) is 17.1 Å². The van der Waals surface area contributed by atoms with E-state index in [-0.39, 0.29) is 12.2 Å². The maximum atomic E-state index is 12.7. The van der Waals surface area contributed by atoms with Gasteiger partial charge >= 0.3 is 6.18 Å². The van der Waals surface area contributed by atoms with Crippen LogP contribution in [0.1, 0.15) is 18.9 Å². The third-order valence-electron chi connectivity index (χ3n) is 2.52. The number of hydrogen-bond donors (Lipinski definition) is 3. The molecule has 0 aliphatic heterocycles. The molecule has 6 nitrogen and oxygen atoms in total. The van der Waals surface area contributed by atoms with Gasteiger partial charge in [-0.05, 0) is 24.6 Å². The molecule has 3 N–H and O–H groups in total. The molecule has 0 bridgehead atoms. The van der Waals surface area contributed by atoms with Gasteiger partial charge in [0.15, 0.2) is 0 Å². The summed E-state index contributed by atoms with van der Waals surface area (Å²) in [5, 5.41) is 1.66. The average molecular weight is 374 g/mol. The summed E-state index contributed by atoms with van der Waals surface area (Å²) in [7, 11) is -3.83. The summed E-state index contributed by atoms with van der Waals surface area (Å²) in [4.78, 5) is 11.6. The fourth-order valence-electron chi connectivity index (χ4n) is 1.47. The SMILES string of the molecule is CCCNS(=O)(=O)NCC(=O)Nc1ccc(Cl)c(C(F)(F)F)c1. The number of rotatable bonds is 7. The molecule has 0 fully saturated rings. The van der Waals surface area contributed by atoms with Crippen molar-refractivity contribution in [3.05, 3.63) is 28.8 Å². The highest BCUT2D eigenvalue weighted by Gasteiger charge is 2.33. The second-order valence-electron chi connectivity index (χ2n) is 4.46. The largest absolute Gasteiger partial charge is 0.417 e. The molecule has 0 radical (unpaired) electrons. The lowest BCUT2D eigenvalue weighted by atomic mass is 10.2. The minimum atomic E-state index is -4.66. The van der Waals surface area contributed by atoms with Crippen LogP contribution >= 0.6 is 11.6 Å². The van der Waals surface area contributed by atoms with Crippen molar-refractivity contribution >= 4 is 33.4 Å². The summed E-state index contributed by atoms with van der Waals surface area (Å²) in [5.74, 6) is -0.817. The number of carbonyl (C=O) groups is 1. The van der Waals surface area contributed by atoms with Gasteiger partial charge in [-0.25, -0.2) is 4.72 Å². The highest BCUT2D eigenvalue weighted by atomic mass is 35.5. The van der Waals surface area contributed by atoms with E-state index >= 15 is 0 Å². The predicted octanol–water partition coefficient (Wildman–Crippen LogP) is 2.13. The van der Waals surface area contributed by atoms with Crippen LogP contribution in [0, 0.1) is 0 Å². The van der Waals surface area contributed by atoms with Crippen molar-refractivity contribution < 1.29 is 26.4 Å². The molecule has 130 valence electrons. The Bertz CT molecular complexity index is 665. The van der Waals surface area contributed by atoms with E-state index in [4.69, 9.17) is 11.6 Å². The van der Waals surface area contributed by atoms with Crippen molar-refractivity contribution in [2.75, 3.05) is 18.4 Å². The van der Waals surface area contributed by atoms with Crippen LogP contribution in [0.5, 0.6) is 0 Å². The Morgan fingerprint density at radius 2 is 1.91 bits per heavy atom. The number of amides is 1. The van der Waals surface area contributed by atoms with Gasteiger partial charge in [-0.15, -0.1) is 0 Å². The van der Waals surface area contributed by atoms with Gasteiger partial charge in [-0.1, -0.05) is 18.5 Å². The first-order valence-electron chi connectivity index (χ1n) is 6.46. The predicted molar refractivity (Wildman–Crippen MR) is 80.3 cm³/mol. The molecule has 0 aromatic heterocycles. The van der Waals surface area contributed by atoms with E-state index < -0.39 is 39.4 Å². The minimum absolute atomic E-state index is 0.146. The lowest BCUT2D eigenvalue weighted by molar-refractivity contribution is -0.137. The third-order valence-corrected chi connectivity index (χ3v) is 3.96. The van der Waals surface area contributed by atoms with Crippen molar-refractivity contribution in [1.82, 2.24) is 9.44 Å². The van der Waals surface area contributed by atoms with Crippen molar-refractivity contribution in [1.29, 1.82) is 0 Å². The standard InChI is InChI=1S/C12H15ClF3N3O3S/c1-2-5-17-23(21,22)18-7-11(20)19-8-3-4-10(13)9(6-8)12(14,15)16/h3-4,6,17-18H,2,5,7H2,1H3,(H,19,20). The molecule has 1 aromatic rings. The summed E-state index contributed by atoms with van der Waals surface area (Å²) in [5.41, 5.74) is -1.24. The Balaban J connectivity index is 2.68. The number of halogens is 4. The van der Waals surface area contributed by atoms with E-state index in [9.17, 15) is 26.4 Å². The highest BCUT2D eigenvalue weighted by molar-refractivity contribution is 7.87. The van der Waals surface area contributed by atoms with Gasteiger partial charge < -0.3 is 5.32 Å². The van der Waals surface area contributed by atoms with Crippen LogP contribution < -0.4 is 14.8 Å². The molecule has 1 rings (SSSR count). The molecular weight excluding hydrogens is 359 g/mol. The zero-order valence-electron chi connectivity index (χ0n) is 12.0. The van der Waals surface area contributed by atoms with E-state index in [1.807, 2.05) is 4.72 Å². The molecule has 0 aliphatic rings. The Morgan fingerprint density at radius 3 is 2.48 bits per heavy atom. The number of hydrogen-bond acceptors (Lipinski definition) is 3. The lowest BCUT2D eigenvalue weighted by Crippen LogP contribution is -2.41. The summed E-state index contributed by atoms with van der Waals surface area (Å²) >= 11 is 5.45. The molecule has 0 spiro atoms. The quantitative estimate of drug-likeness (QED) is 0.684. The zero-order chi connectivity index (χ0) is 17.7. The van der Waals surface area contributed by atoms with Gasteiger partial charge in [-0.3, -0.25) is 4.79 Å². The molecule has 0 aliphatic carbocycles. The molecule has 0 heterocycles. The number of anilines is 1. The van der Waals surface area contributed by atoms with Gasteiger partial charge in [0.25, 0.3) is 10.2 Å². The third kappa shape index (κ3) is 6.73. The zero-order valence-corrected chi connectivity index (χ0v) is 13.6. The fraction of sp³-hybridized carbons (Fsp3) is 0.417. The molecule has 0 saturated carbocycles. The van der Waals surface area contributed by atoms with Crippen LogP contribution in [-0.4, -0.2) is 27.4 Å². The first kappa shape index (κ1) is 19.7. The molecule has 0 saturated heterocycles. The van der Waals surface area contributed by atoms with Crippen molar-refractivity contribution in [2.24, 2.45) is 0 Å². The van der Waals surface area contributed by atoms with Crippen LogP contribution in [0.25, 0.3) is 0 Å². The first-order valence-corrected chi connectivity index (χ1v) is 8.32. The van der Waals surface area contributed by atoms with E-state index in [1.165, 1.54) is 6.07 Å². The summed E-state index contributed by atoms with van der Waals surface area (Å²) in [6, 6.07) is 2.84. The monoisotopic (exact) mass is 373 g/mol. The summed E-state index contributed by atoms with van der Waals surface area (Å²) in [6.07, 6.45) is -4.10. The minimum Gasteiger partial charge on any atom is -0.325 e. The van der Waals surface area contributed by atoms with Gasteiger partial charge in [0.2, 0.25) is 5.91 Å². The maximum absolute atomic E-state index is 12.7. The second kappa shape index (κ2) is 7.95. The summed E-state index contributed by atoms with van der Waals surface area (Å²) in [6.45, 7) is 1.33. The van der Waals surface area contributed by atoms with Crippen LogP contribution in [0.4, 0.5) is 18.9 Å². The summed E-state index contributed by atoms with van der Waals surface area (Å²) < 4.78 is 65.0. The van der Waals surface area contributed by atoms with E-state index in [0.717, 1.165) is 6.07 Å². The van der Waals surface area contributed by atoms with E-state index in [0.29, 0.717) is 12.5 Å². The number of benzene rings is 1. The van der Waals surface area contributed by atoms with Gasteiger partial charge in [0, 0.05) is 12.2 Å². The van der Waals surface area contributed by atoms with Crippen LogP contribution in [0.3, 0.4) is 0 Å². The number of nitrogens with one attached hydrogen (secondary N) is 3. The van der Waals surface area contributed by atoms with Crippen LogP contribution in [-0.2, 0) is 21.2 Å². The lowest BCUT2D eigenvalue weighted by Gasteiger charge is -2.12. The Labute approximate surface area is 136 Å². The normalized spacial score (nSPS) is 12.2. The number of alkyl halides is 3. The smallest absolute Gasteiger partial charge is 0.325 e. The molecule has 0 unspecified atom stereocenters. The van der Waals surface area contributed by atoms with E-state index in [1.54, 1.807) is 6.92 Å².